The summed E-state index contributed by atoms with van der Waals surface area (Å²) in [7, 11) is 0. The number of hydrogen-bond donors (Lipinski definition) is 6. The Kier molecular flexibility index (Phi) is 5.31. The predicted octanol–water partition coefficient (Wildman–Crippen LogP) is -0.646. The van der Waals surface area contributed by atoms with Gasteiger partial charge in [0.2, 0.25) is 0 Å². The van der Waals surface area contributed by atoms with E-state index in [1.54, 1.807) is 0 Å². The second-order valence-corrected chi connectivity index (χ2v) is 5.86. The monoisotopic (exact) mass is 354 g/mol. The molecule has 0 aromatic heterocycles. The molecular weight excluding hydrogens is 336 g/mol. The van der Waals surface area contributed by atoms with Crippen molar-refractivity contribution < 1.29 is 45.0 Å². The van der Waals surface area contributed by atoms with Crippen LogP contribution in [0.2, 0.25) is 0 Å². The Labute approximate surface area is 142 Å². The number of carboxylic acid groups (broad SMARTS) is 1. The van der Waals surface area contributed by atoms with Crippen LogP contribution in [-0.2, 0) is 14.3 Å². The molecule has 9 heteroatoms. The van der Waals surface area contributed by atoms with E-state index >= 15 is 0 Å². The Bertz CT molecular complexity index is 699. The van der Waals surface area contributed by atoms with E-state index in [2.05, 4.69) is 0 Å². The summed E-state index contributed by atoms with van der Waals surface area (Å²) in [5.41, 5.74) is -1.94. The van der Waals surface area contributed by atoms with Gasteiger partial charge in [0, 0.05) is 18.9 Å². The van der Waals surface area contributed by atoms with Crippen LogP contribution in [0.15, 0.2) is 24.3 Å². The Morgan fingerprint density at radius 3 is 2.44 bits per heavy atom. The topological polar surface area (TPSA) is 165 Å². The van der Waals surface area contributed by atoms with E-state index in [1.807, 2.05) is 0 Å². The lowest BCUT2D eigenvalue weighted by atomic mass is 9.79. The van der Waals surface area contributed by atoms with Gasteiger partial charge in [-0.25, -0.2) is 9.59 Å². The molecule has 0 amide bonds. The van der Waals surface area contributed by atoms with Gasteiger partial charge in [0.15, 0.2) is 17.1 Å². The number of hydrogen-bond acceptors (Lipinski definition) is 8. The molecular formula is C16H18O9. The first-order valence-electron chi connectivity index (χ1n) is 7.35. The molecule has 0 aliphatic heterocycles. The van der Waals surface area contributed by atoms with Crippen LogP contribution < -0.4 is 0 Å². The number of aliphatic carboxylic acids is 1. The van der Waals surface area contributed by atoms with Crippen molar-refractivity contribution in [1.29, 1.82) is 0 Å². The van der Waals surface area contributed by atoms with E-state index in [0.29, 0.717) is 5.56 Å². The lowest BCUT2D eigenvalue weighted by Crippen LogP contribution is -2.57. The number of esters is 1. The van der Waals surface area contributed by atoms with E-state index in [0.717, 1.165) is 6.08 Å². The number of phenolic OH excluding ortho intramolecular Hbond substituents is 2. The molecule has 1 aliphatic rings. The number of carboxylic acids is 1. The summed E-state index contributed by atoms with van der Waals surface area (Å²) in [6.45, 7) is 0. The molecule has 0 radical (unpaired) electrons. The van der Waals surface area contributed by atoms with Crippen LogP contribution >= 0.6 is 0 Å². The molecule has 1 fully saturated rings. The number of carbonyl (C=O) groups excluding carboxylic acids is 1. The lowest BCUT2D eigenvalue weighted by Gasteiger charge is -2.39. The molecule has 1 aliphatic carbocycles. The van der Waals surface area contributed by atoms with E-state index in [4.69, 9.17) is 9.84 Å². The van der Waals surface area contributed by atoms with Crippen molar-refractivity contribution in [2.75, 3.05) is 0 Å². The van der Waals surface area contributed by atoms with Crippen LogP contribution in [0.4, 0.5) is 0 Å². The van der Waals surface area contributed by atoms with Gasteiger partial charge in [-0.15, -0.1) is 0 Å². The van der Waals surface area contributed by atoms with Gasteiger partial charge >= 0.3 is 11.9 Å². The van der Waals surface area contributed by atoms with E-state index in [1.165, 1.54) is 24.3 Å². The highest BCUT2D eigenvalue weighted by Crippen LogP contribution is 2.31. The number of ether oxygens (including phenoxy) is 1. The van der Waals surface area contributed by atoms with Crippen molar-refractivity contribution in [2.45, 2.75) is 36.8 Å². The third-order valence-corrected chi connectivity index (χ3v) is 3.94. The first-order chi connectivity index (χ1) is 11.6. The maximum absolute atomic E-state index is 11.8. The summed E-state index contributed by atoms with van der Waals surface area (Å²) in [6, 6.07) is 3.83. The van der Waals surface area contributed by atoms with Gasteiger partial charge < -0.3 is 35.4 Å². The molecule has 0 saturated heterocycles. The van der Waals surface area contributed by atoms with Crippen LogP contribution in [0.25, 0.3) is 6.08 Å². The minimum Gasteiger partial charge on any atom is -0.504 e. The van der Waals surface area contributed by atoms with Crippen molar-refractivity contribution in [3.8, 4) is 11.5 Å². The summed E-state index contributed by atoms with van der Waals surface area (Å²) in [4.78, 5) is 22.9. The number of aliphatic hydroxyl groups excluding tert-OH is 2. The minimum atomic E-state index is -2.31. The van der Waals surface area contributed by atoms with E-state index in [9.17, 15) is 35.1 Å². The molecule has 2 rings (SSSR count). The number of carbonyl (C=O) groups is 2. The zero-order valence-electron chi connectivity index (χ0n) is 12.9. The maximum Gasteiger partial charge on any atom is 0.335 e. The van der Waals surface area contributed by atoms with Crippen molar-refractivity contribution >= 4 is 18.0 Å². The van der Waals surface area contributed by atoms with Gasteiger partial charge in [0.05, 0.1) is 6.10 Å². The molecule has 1 aromatic carbocycles. The summed E-state index contributed by atoms with van der Waals surface area (Å²) >= 11 is 0. The molecule has 6 N–H and O–H groups in total. The van der Waals surface area contributed by atoms with Crippen LogP contribution in [0.1, 0.15) is 18.4 Å². The normalized spacial score (nSPS) is 29.5. The fourth-order valence-corrected chi connectivity index (χ4v) is 2.53. The Morgan fingerprint density at radius 2 is 1.84 bits per heavy atom. The molecule has 0 spiro atoms. The predicted molar refractivity (Wildman–Crippen MR) is 82.5 cm³/mol. The molecule has 4 atom stereocenters. The summed E-state index contributed by atoms with van der Waals surface area (Å²) in [6.07, 6.45) is -3.44. The van der Waals surface area contributed by atoms with Crippen molar-refractivity contribution in [3.63, 3.8) is 0 Å². The average molecular weight is 354 g/mol. The smallest absolute Gasteiger partial charge is 0.335 e. The fourth-order valence-electron chi connectivity index (χ4n) is 2.53. The van der Waals surface area contributed by atoms with Gasteiger partial charge in [-0.1, -0.05) is 6.07 Å². The van der Waals surface area contributed by atoms with Gasteiger partial charge in [-0.2, -0.15) is 0 Å². The quantitative estimate of drug-likeness (QED) is 0.234. The zero-order chi connectivity index (χ0) is 18.8. The first kappa shape index (κ1) is 18.7. The Balaban J connectivity index is 2.06. The third kappa shape index (κ3) is 4.27. The fraction of sp³-hybridized carbons (Fsp3) is 0.375. The Morgan fingerprint density at radius 1 is 1.16 bits per heavy atom. The van der Waals surface area contributed by atoms with Crippen molar-refractivity contribution in [3.05, 3.63) is 29.8 Å². The first-order valence-corrected chi connectivity index (χ1v) is 7.35. The molecule has 2 unspecified atom stereocenters. The molecule has 25 heavy (non-hydrogen) atoms. The van der Waals surface area contributed by atoms with Gasteiger partial charge in [0.1, 0.15) is 12.2 Å². The SMILES string of the molecule is O=C(/C=C/c1ccc(O)c(O)c1)O[C@@H]1CC(O)(C(=O)O)C[C@@H](O)C1O. The van der Waals surface area contributed by atoms with Crippen molar-refractivity contribution in [1.82, 2.24) is 0 Å². The standard InChI is InChI=1S/C16H18O9/c17-9-3-1-8(5-10(9)18)2-4-13(20)25-12-7-16(24,15(22)23)6-11(19)14(12)21/h1-5,11-12,14,17-19,21,24H,6-7H2,(H,22,23)/b4-2+/t11-,12-,14?,16?/m1/s1. The molecule has 1 aromatic rings. The minimum absolute atomic E-state index is 0.327. The highest BCUT2D eigenvalue weighted by Gasteiger charge is 2.50. The zero-order valence-corrected chi connectivity index (χ0v) is 12.9. The summed E-state index contributed by atoms with van der Waals surface area (Å²) in [5, 5.41) is 57.0. The second-order valence-electron chi connectivity index (χ2n) is 5.86. The average Bonchev–Trinajstić information content (AvgIpc) is 2.53. The third-order valence-electron chi connectivity index (χ3n) is 3.94. The van der Waals surface area contributed by atoms with E-state index in [-0.39, 0.29) is 11.5 Å². The molecule has 136 valence electrons. The number of aromatic hydroxyl groups is 2. The largest absolute Gasteiger partial charge is 0.504 e. The van der Waals surface area contributed by atoms with Gasteiger partial charge in [-0.05, 0) is 23.8 Å². The highest BCUT2D eigenvalue weighted by molar-refractivity contribution is 5.87. The van der Waals surface area contributed by atoms with Crippen molar-refractivity contribution in [2.24, 2.45) is 0 Å². The van der Waals surface area contributed by atoms with Crippen LogP contribution in [0, 0.1) is 0 Å². The summed E-state index contributed by atoms with van der Waals surface area (Å²) < 4.78 is 4.92. The second kappa shape index (κ2) is 7.09. The number of benzene rings is 1. The Hall–Kier alpha value is -2.62. The highest BCUT2D eigenvalue weighted by atomic mass is 16.6. The molecule has 1 saturated carbocycles. The maximum atomic E-state index is 11.8. The van der Waals surface area contributed by atoms with Crippen LogP contribution in [0.5, 0.6) is 11.5 Å². The molecule has 0 bridgehead atoms. The van der Waals surface area contributed by atoms with E-state index < -0.39 is 48.7 Å². The lowest BCUT2D eigenvalue weighted by molar-refractivity contribution is -0.196. The number of aliphatic hydroxyl groups is 3. The number of rotatable bonds is 4. The number of phenols is 2. The molecule has 0 heterocycles. The summed E-state index contributed by atoms with van der Waals surface area (Å²) in [5.74, 6) is -3.24. The van der Waals surface area contributed by atoms with Gasteiger partial charge in [0.25, 0.3) is 0 Å². The van der Waals surface area contributed by atoms with Crippen LogP contribution in [0.3, 0.4) is 0 Å². The molecule has 9 nitrogen and oxygen atoms in total. The van der Waals surface area contributed by atoms with Crippen LogP contribution in [-0.4, -0.2) is 66.5 Å². The van der Waals surface area contributed by atoms with Gasteiger partial charge in [-0.3, -0.25) is 0 Å².